The van der Waals surface area contributed by atoms with Gasteiger partial charge in [0, 0.05) is 16.3 Å². The summed E-state index contributed by atoms with van der Waals surface area (Å²) in [7, 11) is 0. The highest BCUT2D eigenvalue weighted by Crippen LogP contribution is 2.43. The van der Waals surface area contributed by atoms with Gasteiger partial charge in [-0.05, 0) is 45.4 Å². The molecule has 18 heavy (non-hydrogen) atoms. The summed E-state index contributed by atoms with van der Waals surface area (Å²) >= 11 is 3.46. The van der Waals surface area contributed by atoms with Crippen LogP contribution in [0.5, 0.6) is 0 Å². The van der Waals surface area contributed by atoms with Crippen molar-refractivity contribution in [2.24, 2.45) is 11.3 Å². The molecule has 0 unspecified atom stereocenters. The zero-order chi connectivity index (χ0) is 13.8. The zero-order valence-corrected chi connectivity index (χ0v) is 13.9. The Labute approximate surface area is 120 Å². The molecule has 0 saturated heterocycles. The predicted molar refractivity (Wildman–Crippen MR) is 81.0 cm³/mol. The minimum atomic E-state index is -0.104. The van der Waals surface area contributed by atoms with Gasteiger partial charge in [-0.1, -0.05) is 42.6 Å². The van der Waals surface area contributed by atoms with E-state index in [2.05, 4.69) is 48.9 Å². The molecule has 106 valence electrons. The summed E-state index contributed by atoms with van der Waals surface area (Å²) in [4.78, 5) is 12.7. The van der Waals surface area contributed by atoms with Crippen molar-refractivity contribution in [1.29, 1.82) is 0 Å². The van der Waals surface area contributed by atoms with Gasteiger partial charge in [0.25, 0.3) is 0 Å². The maximum atomic E-state index is 12.7. The minimum Gasteiger partial charge on any atom is -0.351 e. The average molecular weight is 318 g/mol. The standard InChI is InChI=1S/C15H28BrNO/c1-12(2)11-15(7-5-6-8-15)13(18)17-14(3,4)9-10-16/h12H,5-11H2,1-4H3,(H,17,18). The van der Waals surface area contributed by atoms with Crippen molar-refractivity contribution in [3.63, 3.8) is 0 Å². The molecule has 0 aliphatic heterocycles. The van der Waals surface area contributed by atoms with Crippen LogP contribution in [0.3, 0.4) is 0 Å². The van der Waals surface area contributed by atoms with Gasteiger partial charge in [-0.2, -0.15) is 0 Å². The first kappa shape index (κ1) is 16.0. The number of amides is 1. The van der Waals surface area contributed by atoms with Gasteiger partial charge in [0.05, 0.1) is 0 Å². The lowest BCUT2D eigenvalue weighted by atomic mass is 9.77. The Balaban J connectivity index is 2.72. The molecule has 1 amide bonds. The molecule has 3 heteroatoms. The van der Waals surface area contributed by atoms with Crippen LogP contribution in [0.1, 0.15) is 66.2 Å². The first-order chi connectivity index (χ1) is 8.31. The molecule has 1 fully saturated rings. The van der Waals surface area contributed by atoms with Crippen LogP contribution in [0.4, 0.5) is 0 Å². The van der Waals surface area contributed by atoms with Gasteiger partial charge in [0.2, 0.25) is 5.91 Å². The molecular formula is C15H28BrNO. The summed E-state index contributed by atoms with van der Waals surface area (Å²) in [5.41, 5.74) is -0.190. The highest BCUT2D eigenvalue weighted by Gasteiger charge is 2.42. The smallest absolute Gasteiger partial charge is 0.226 e. The van der Waals surface area contributed by atoms with Crippen molar-refractivity contribution in [3.8, 4) is 0 Å². The third-order valence-electron chi connectivity index (χ3n) is 4.01. The van der Waals surface area contributed by atoms with E-state index in [-0.39, 0.29) is 11.0 Å². The normalized spacial score (nSPS) is 19.2. The van der Waals surface area contributed by atoms with E-state index in [1.165, 1.54) is 12.8 Å². The summed E-state index contributed by atoms with van der Waals surface area (Å²) in [5, 5.41) is 4.20. The summed E-state index contributed by atoms with van der Waals surface area (Å²) in [6.07, 6.45) is 6.56. The SMILES string of the molecule is CC(C)CC1(C(=O)NC(C)(C)CCBr)CCCC1. The first-order valence-corrected chi connectivity index (χ1v) is 8.32. The van der Waals surface area contributed by atoms with E-state index in [1.807, 2.05) is 0 Å². The molecular weight excluding hydrogens is 290 g/mol. The highest BCUT2D eigenvalue weighted by molar-refractivity contribution is 9.09. The first-order valence-electron chi connectivity index (χ1n) is 7.20. The summed E-state index contributed by atoms with van der Waals surface area (Å²) in [5.74, 6) is 0.882. The van der Waals surface area contributed by atoms with Gasteiger partial charge in [-0.3, -0.25) is 4.79 Å². The molecule has 1 saturated carbocycles. The van der Waals surface area contributed by atoms with Crippen LogP contribution in [-0.2, 0) is 4.79 Å². The average Bonchev–Trinajstić information content (AvgIpc) is 2.65. The van der Waals surface area contributed by atoms with Crippen molar-refractivity contribution in [3.05, 3.63) is 0 Å². The molecule has 1 N–H and O–H groups in total. The molecule has 0 aromatic heterocycles. The van der Waals surface area contributed by atoms with Gasteiger partial charge < -0.3 is 5.32 Å². The third-order valence-corrected chi connectivity index (χ3v) is 4.41. The molecule has 0 spiro atoms. The fourth-order valence-electron chi connectivity index (χ4n) is 3.10. The van der Waals surface area contributed by atoms with E-state index in [4.69, 9.17) is 0 Å². The van der Waals surface area contributed by atoms with E-state index in [0.29, 0.717) is 11.8 Å². The second kappa shape index (κ2) is 6.40. The Kier molecular flexibility index (Phi) is 5.69. The van der Waals surface area contributed by atoms with Crippen molar-refractivity contribution < 1.29 is 4.79 Å². The largest absolute Gasteiger partial charge is 0.351 e. The highest BCUT2D eigenvalue weighted by atomic mass is 79.9. The fourth-order valence-corrected chi connectivity index (χ4v) is 4.09. The van der Waals surface area contributed by atoms with Gasteiger partial charge in [0.15, 0.2) is 0 Å². The van der Waals surface area contributed by atoms with E-state index in [9.17, 15) is 4.79 Å². The van der Waals surface area contributed by atoms with Crippen LogP contribution in [0, 0.1) is 11.3 Å². The van der Waals surface area contributed by atoms with Crippen molar-refractivity contribution in [2.75, 3.05) is 5.33 Å². The summed E-state index contributed by atoms with van der Waals surface area (Å²) < 4.78 is 0. The Morgan fingerprint density at radius 3 is 2.33 bits per heavy atom. The lowest BCUT2D eigenvalue weighted by molar-refractivity contribution is -0.133. The van der Waals surface area contributed by atoms with E-state index in [1.54, 1.807) is 0 Å². The summed E-state index contributed by atoms with van der Waals surface area (Å²) in [6, 6.07) is 0. The Bertz CT molecular complexity index is 280. The molecule has 1 aliphatic carbocycles. The number of carbonyl (C=O) groups excluding carboxylic acids is 1. The van der Waals surface area contributed by atoms with Gasteiger partial charge in [0.1, 0.15) is 0 Å². The Morgan fingerprint density at radius 2 is 1.89 bits per heavy atom. The maximum Gasteiger partial charge on any atom is 0.226 e. The van der Waals surface area contributed by atoms with Crippen LogP contribution in [0.25, 0.3) is 0 Å². The van der Waals surface area contributed by atoms with E-state index < -0.39 is 0 Å². The number of carbonyl (C=O) groups is 1. The van der Waals surface area contributed by atoms with E-state index >= 15 is 0 Å². The molecule has 1 rings (SSSR count). The minimum absolute atomic E-state index is 0.0856. The fraction of sp³-hybridized carbons (Fsp3) is 0.933. The number of alkyl halides is 1. The third kappa shape index (κ3) is 4.25. The second-order valence-corrected chi connectivity index (χ2v) is 7.66. The van der Waals surface area contributed by atoms with Crippen LogP contribution in [0.15, 0.2) is 0 Å². The monoisotopic (exact) mass is 317 g/mol. The van der Waals surface area contributed by atoms with Crippen LogP contribution < -0.4 is 5.32 Å². The molecule has 1 aliphatic rings. The molecule has 0 bridgehead atoms. The molecule has 0 aromatic carbocycles. The van der Waals surface area contributed by atoms with Crippen LogP contribution in [-0.4, -0.2) is 16.8 Å². The second-order valence-electron chi connectivity index (χ2n) is 6.86. The number of halogens is 1. The van der Waals surface area contributed by atoms with Crippen LogP contribution in [0.2, 0.25) is 0 Å². The molecule has 2 nitrogen and oxygen atoms in total. The number of nitrogens with one attached hydrogen (secondary N) is 1. The van der Waals surface area contributed by atoms with Crippen molar-refractivity contribution in [1.82, 2.24) is 5.32 Å². The maximum absolute atomic E-state index is 12.7. The molecule has 0 heterocycles. The molecule has 0 atom stereocenters. The molecule has 0 aromatic rings. The lowest BCUT2D eigenvalue weighted by Crippen LogP contribution is -2.50. The number of rotatable bonds is 6. The van der Waals surface area contributed by atoms with Crippen molar-refractivity contribution >= 4 is 21.8 Å². The quantitative estimate of drug-likeness (QED) is 0.728. The Morgan fingerprint density at radius 1 is 1.33 bits per heavy atom. The predicted octanol–water partition coefficient (Wildman–Crippen LogP) is 4.27. The zero-order valence-electron chi connectivity index (χ0n) is 12.3. The van der Waals surface area contributed by atoms with Gasteiger partial charge in [-0.15, -0.1) is 0 Å². The number of hydrogen-bond acceptors (Lipinski definition) is 1. The van der Waals surface area contributed by atoms with Crippen molar-refractivity contribution in [2.45, 2.75) is 71.8 Å². The topological polar surface area (TPSA) is 29.1 Å². The molecule has 0 radical (unpaired) electrons. The van der Waals surface area contributed by atoms with Crippen LogP contribution >= 0.6 is 15.9 Å². The van der Waals surface area contributed by atoms with E-state index in [0.717, 1.165) is 31.0 Å². The number of hydrogen-bond donors (Lipinski definition) is 1. The lowest BCUT2D eigenvalue weighted by Gasteiger charge is -2.35. The summed E-state index contributed by atoms with van der Waals surface area (Å²) in [6.45, 7) is 8.67. The van der Waals surface area contributed by atoms with Gasteiger partial charge >= 0.3 is 0 Å². The van der Waals surface area contributed by atoms with Gasteiger partial charge in [-0.25, -0.2) is 0 Å². The Hall–Kier alpha value is -0.0500.